The van der Waals surface area contributed by atoms with Crippen LogP contribution < -0.4 is 10.1 Å². The maximum atomic E-state index is 8.26. The molecule has 1 N–H and O–H groups in total. The van der Waals surface area contributed by atoms with Gasteiger partial charge in [0.25, 0.3) is 0 Å². The molecule has 0 aliphatic rings. The average Bonchev–Trinajstić information content (AvgIpc) is 2.17. The van der Waals surface area contributed by atoms with Crippen LogP contribution in [0.5, 0.6) is 5.75 Å². The van der Waals surface area contributed by atoms with E-state index in [-0.39, 0.29) is 5.95 Å². The van der Waals surface area contributed by atoms with Crippen molar-refractivity contribution in [1.82, 2.24) is 9.97 Å². The van der Waals surface area contributed by atoms with Crippen molar-refractivity contribution in [2.45, 2.75) is 13.3 Å². The minimum atomic E-state index is 0.284. The summed E-state index contributed by atoms with van der Waals surface area (Å²) in [6.07, 6.45) is 5.73. The van der Waals surface area contributed by atoms with Crippen molar-refractivity contribution in [3.63, 3.8) is 0 Å². The molecule has 0 radical (unpaired) electrons. The molecule has 0 aliphatic carbocycles. The highest BCUT2D eigenvalue weighted by Crippen LogP contribution is 2.07. The van der Waals surface area contributed by atoms with Gasteiger partial charge in [-0.2, -0.15) is 5.26 Å². The maximum Gasteiger partial charge on any atom is 0.236 e. The molecule has 0 bridgehead atoms. The number of anilines is 1. The number of nitrogens with zero attached hydrogens (tertiary/aromatic N) is 3. The fourth-order valence-corrected chi connectivity index (χ4v) is 0.725. The van der Waals surface area contributed by atoms with Crippen molar-refractivity contribution in [2.75, 3.05) is 11.9 Å². The smallest absolute Gasteiger partial charge is 0.236 e. The van der Waals surface area contributed by atoms with Gasteiger partial charge < -0.3 is 4.74 Å². The van der Waals surface area contributed by atoms with Crippen LogP contribution in [0, 0.1) is 11.5 Å². The van der Waals surface area contributed by atoms with Gasteiger partial charge in [0.1, 0.15) is 0 Å². The van der Waals surface area contributed by atoms with Crippen LogP contribution in [0.15, 0.2) is 12.4 Å². The summed E-state index contributed by atoms with van der Waals surface area (Å²) in [5.41, 5.74) is 0. The van der Waals surface area contributed by atoms with Gasteiger partial charge in [0.15, 0.2) is 11.9 Å². The van der Waals surface area contributed by atoms with Crippen molar-refractivity contribution >= 4 is 5.95 Å². The number of rotatable bonds is 4. The quantitative estimate of drug-likeness (QED) is 0.553. The predicted molar refractivity (Wildman–Crippen MR) is 47.1 cm³/mol. The molecule has 1 aromatic rings. The van der Waals surface area contributed by atoms with Crippen molar-refractivity contribution in [1.29, 1.82) is 5.26 Å². The van der Waals surface area contributed by atoms with Gasteiger partial charge in [0, 0.05) is 0 Å². The molecule has 0 aromatic carbocycles. The molecule has 1 rings (SSSR count). The Morgan fingerprint density at radius 2 is 2.23 bits per heavy atom. The average molecular weight is 178 g/mol. The summed E-state index contributed by atoms with van der Waals surface area (Å²) in [7, 11) is 0. The molecule has 0 atom stereocenters. The largest absolute Gasteiger partial charge is 0.490 e. The summed E-state index contributed by atoms with van der Waals surface area (Å²) in [5, 5.41) is 10.6. The van der Waals surface area contributed by atoms with E-state index in [1.165, 1.54) is 12.4 Å². The normalized spacial score (nSPS) is 8.92. The number of hydrogen-bond acceptors (Lipinski definition) is 5. The Morgan fingerprint density at radius 1 is 1.54 bits per heavy atom. The first-order chi connectivity index (χ1) is 6.36. The molecular formula is C8H10N4O. The van der Waals surface area contributed by atoms with E-state index in [1.807, 2.05) is 6.92 Å². The lowest BCUT2D eigenvalue weighted by Crippen LogP contribution is -1.99. The predicted octanol–water partition coefficient (Wildman–Crippen LogP) is 1.16. The van der Waals surface area contributed by atoms with Crippen molar-refractivity contribution < 1.29 is 4.74 Å². The standard InChI is InChI=1S/C8H10N4O/c1-2-3-13-7-4-10-8(11-5-7)12-6-9/h4-5H,2-3H2,1H3,(H,10,11,12). The van der Waals surface area contributed by atoms with Crippen LogP contribution in [0.3, 0.4) is 0 Å². The first-order valence-corrected chi connectivity index (χ1v) is 3.96. The Morgan fingerprint density at radius 3 is 2.77 bits per heavy atom. The maximum absolute atomic E-state index is 8.26. The van der Waals surface area contributed by atoms with E-state index in [2.05, 4.69) is 15.3 Å². The molecule has 5 heteroatoms. The van der Waals surface area contributed by atoms with Crippen LogP contribution in [-0.4, -0.2) is 16.6 Å². The lowest BCUT2D eigenvalue weighted by atomic mass is 10.5. The van der Waals surface area contributed by atoms with E-state index >= 15 is 0 Å². The van der Waals surface area contributed by atoms with Gasteiger partial charge in [0.2, 0.25) is 5.95 Å². The number of ether oxygens (including phenoxy) is 1. The van der Waals surface area contributed by atoms with Crippen molar-refractivity contribution in [3.05, 3.63) is 12.4 Å². The molecule has 0 amide bonds. The highest BCUT2D eigenvalue weighted by molar-refractivity contribution is 5.31. The summed E-state index contributed by atoms with van der Waals surface area (Å²) in [5.74, 6) is 0.900. The molecule has 1 aromatic heterocycles. The molecule has 0 saturated carbocycles. The van der Waals surface area contributed by atoms with Crippen LogP contribution in [0.1, 0.15) is 13.3 Å². The molecular weight excluding hydrogens is 168 g/mol. The summed E-state index contributed by atoms with van der Waals surface area (Å²) in [6.45, 7) is 2.67. The summed E-state index contributed by atoms with van der Waals surface area (Å²) < 4.78 is 5.25. The van der Waals surface area contributed by atoms with Gasteiger partial charge in [-0.05, 0) is 6.42 Å². The second kappa shape index (κ2) is 4.93. The van der Waals surface area contributed by atoms with Gasteiger partial charge in [-0.3, -0.25) is 5.32 Å². The molecule has 0 saturated heterocycles. The SMILES string of the molecule is CCCOc1cnc(NC#N)nc1. The van der Waals surface area contributed by atoms with E-state index in [0.717, 1.165) is 6.42 Å². The van der Waals surface area contributed by atoms with Crippen LogP contribution >= 0.6 is 0 Å². The zero-order chi connectivity index (χ0) is 9.52. The van der Waals surface area contributed by atoms with Crippen LogP contribution in [0.2, 0.25) is 0 Å². The van der Waals surface area contributed by atoms with E-state index in [1.54, 1.807) is 6.19 Å². The van der Waals surface area contributed by atoms with E-state index in [4.69, 9.17) is 10.00 Å². The summed E-state index contributed by atoms with van der Waals surface area (Å²) in [4.78, 5) is 7.70. The lowest BCUT2D eigenvalue weighted by Gasteiger charge is -2.02. The third-order valence-electron chi connectivity index (χ3n) is 1.27. The highest BCUT2D eigenvalue weighted by atomic mass is 16.5. The Bertz CT molecular complexity index is 290. The Labute approximate surface area is 76.4 Å². The highest BCUT2D eigenvalue weighted by Gasteiger charge is 1.95. The first kappa shape index (κ1) is 9.26. The van der Waals surface area contributed by atoms with Crippen molar-refractivity contribution in [3.8, 4) is 11.9 Å². The topological polar surface area (TPSA) is 70.8 Å². The second-order valence-electron chi connectivity index (χ2n) is 2.33. The van der Waals surface area contributed by atoms with Gasteiger partial charge in [-0.1, -0.05) is 6.92 Å². The molecule has 13 heavy (non-hydrogen) atoms. The summed E-state index contributed by atoms with van der Waals surface area (Å²) >= 11 is 0. The number of nitrogens with one attached hydrogen (secondary N) is 1. The first-order valence-electron chi connectivity index (χ1n) is 3.96. The fourth-order valence-electron chi connectivity index (χ4n) is 0.725. The van der Waals surface area contributed by atoms with E-state index in [9.17, 15) is 0 Å². The Kier molecular flexibility index (Phi) is 3.51. The van der Waals surface area contributed by atoms with Crippen LogP contribution in [0.25, 0.3) is 0 Å². The molecule has 0 fully saturated rings. The fraction of sp³-hybridized carbons (Fsp3) is 0.375. The van der Waals surface area contributed by atoms with Crippen LogP contribution in [-0.2, 0) is 0 Å². The minimum Gasteiger partial charge on any atom is -0.490 e. The molecule has 5 nitrogen and oxygen atoms in total. The Balaban J connectivity index is 2.55. The molecule has 0 unspecified atom stereocenters. The van der Waals surface area contributed by atoms with Gasteiger partial charge in [-0.15, -0.1) is 0 Å². The lowest BCUT2D eigenvalue weighted by molar-refractivity contribution is 0.315. The second-order valence-corrected chi connectivity index (χ2v) is 2.33. The number of hydrogen-bond donors (Lipinski definition) is 1. The third kappa shape index (κ3) is 2.95. The van der Waals surface area contributed by atoms with Gasteiger partial charge >= 0.3 is 0 Å². The minimum absolute atomic E-state index is 0.284. The van der Waals surface area contributed by atoms with Gasteiger partial charge in [0.05, 0.1) is 19.0 Å². The monoisotopic (exact) mass is 178 g/mol. The summed E-state index contributed by atoms with van der Waals surface area (Å²) in [6, 6.07) is 0. The molecule has 0 spiro atoms. The Hall–Kier alpha value is -1.83. The van der Waals surface area contributed by atoms with Gasteiger partial charge in [-0.25, -0.2) is 9.97 Å². The number of nitriles is 1. The van der Waals surface area contributed by atoms with Crippen LogP contribution in [0.4, 0.5) is 5.95 Å². The van der Waals surface area contributed by atoms with E-state index < -0.39 is 0 Å². The van der Waals surface area contributed by atoms with Crippen molar-refractivity contribution in [2.24, 2.45) is 0 Å². The van der Waals surface area contributed by atoms with E-state index in [0.29, 0.717) is 12.4 Å². The zero-order valence-electron chi connectivity index (χ0n) is 7.32. The molecule has 68 valence electrons. The zero-order valence-corrected chi connectivity index (χ0v) is 7.32. The molecule has 1 heterocycles. The molecule has 0 aliphatic heterocycles. The number of aromatic nitrogens is 2. The third-order valence-corrected chi connectivity index (χ3v) is 1.27.